The quantitative estimate of drug-likeness (QED) is 0.519. The van der Waals surface area contributed by atoms with Crippen LogP contribution in [0.25, 0.3) is 16.6 Å². The van der Waals surface area contributed by atoms with Crippen LogP contribution in [0, 0.1) is 5.82 Å². The Balaban J connectivity index is 1.45. The SMILES string of the molecule is COCc1ccnc(C2(NC(=O)c3cncc4c3cnn4-c3ccc(F)cc3)CC2)c1. The second kappa shape index (κ2) is 7.55. The number of nitrogens with zero attached hydrogens (tertiary/aromatic N) is 4. The summed E-state index contributed by atoms with van der Waals surface area (Å²) >= 11 is 0. The van der Waals surface area contributed by atoms with Gasteiger partial charge in [0.2, 0.25) is 0 Å². The second-order valence-corrected chi connectivity index (χ2v) is 7.67. The largest absolute Gasteiger partial charge is 0.380 e. The van der Waals surface area contributed by atoms with Crippen LogP contribution in [0.3, 0.4) is 0 Å². The molecule has 1 saturated carbocycles. The zero-order valence-corrected chi connectivity index (χ0v) is 16.9. The van der Waals surface area contributed by atoms with Gasteiger partial charge in [0, 0.05) is 24.9 Å². The van der Waals surface area contributed by atoms with Crippen LogP contribution in [0.2, 0.25) is 0 Å². The van der Waals surface area contributed by atoms with E-state index in [1.165, 1.54) is 12.1 Å². The summed E-state index contributed by atoms with van der Waals surface area (Å²) in [4.78, 5) is 21.9. The lowest BCUT2D eigenvalue weighted by atomic mass is 10.1. The summed E-state index contributed by atoms with van der Waals surface area (Å²) in [5.74, 6) is -0.551. The highest BCUT2D eigenvalue weighted by molar-refractivity contribution is 6.06. The number of rotatable bonds is 6. The third-order valence-corrected chi connectivity index (χ3v) is 5.54. The van der Waals surface area contributed by atoms with Crippen molar-refractivity contribution < 1.29 is 13.9 Å². The molecule has 0 atom stereocenters. The lowest BCUT2D eigenvalue weighted by molar-refractivity contribution is 0.0931. The van der Waals surface area contributed by atoms with E-state index < -0.39 is 5.54 Å². The molecule has 0 bridgehead atoms. The first-order valence-corrected chi connectivity index (χ1v) is 9.94. The molecule has 8 heteroatoms. The maximum atomic E-state index is 13.3. The summed E-state index contributed by atoms with van der Waals surface area (Å²) in [7, 11) is 1.65. The van der Waals surface area contributed by atoms with Crippen LogP contribution >= 0.6 is 0 Å². The van der Waals surface area contributed by atoms with Gasteiger partial charge >= 0.3 is 0 Å². The van der Waals surface area contributed by atoms with Gasteiger partial charge in [0.1, 0.15) is 5.82 Å². The van der Waals surface area contributed by atoms with Gasteiger partial charge in [-0.25, -0.2) is 9.07 Å². The molecule has 0 unspecified atom stereocenters. The first kappa shape index (κ1) is 19.3. The Morgan fingerprint density at radius 1 is 1.19 bits per heavy atom. The highest BCUT2D eigenvalue weighted by Crippen LogP contribution is 2.45. The van der Waals surface area contributed by atoms with Crippen LogP contribution in [0.15, 0.2) is 61.2 Å². The number of benzene rings is 1. The molecule has 1 N–H and O–H groups in total. The average Bonchev–Trinajstić information content (AvgIpc) is 3.44. The van der Waals surface area contributed by atoms with Crippen molar-refractivity contribution in [3.8, 4) is 5.69 Å². The van der Waals surface area contributed by atoms with Crippen LogP contribution in [0.1, 0.15) is 34.5 Å². The van der Waals surface area contributed by atoms with Gasteiger partial charge in [-0.3, -0.25) is 14.8 Å². The average molecular weight is 417 g/mol. The monoisotopic (exact) mass is 417 g/mol. The number of ether oxygens (including phenoxy) is 1. The number of amides is 1. The third kappa shape index (κ3) is 3.55. The molecular weight excluding hydrogens is 397 g/mol. The van der Waals surface area contributed by atoms with Crippen LogP contribution in [-0.2, 0) is 16.9 Å². The topological polar surface area (TPSA) is 81.9 Å². The van der Waals surface area contributed by atoms with E-state index in [-0.39, 0.29) is 11.7 Å². The van der Waals surface area contributed by atoms with Crippen molar-refractivity contribution in [2.75, 3.05) is 7.11 Å². The van der Waals surface area contributed by atoms with E-state index in [4.69, 9.17) is 4.74 Å². The van der Waals surface area contributed by atoms with E-state index in [1.54, 1.807) is 48.7 Å². The van der Waals surface area contributed by atoms with E-state index in [0.717, 1.165) is 24.1 Å². The van der Waals surface area contributed by atoms with Gasteiger partial charge in [0.25, 0.3) is 5.91 Å². The number of hydrogen-bond donors (Lipinski definition) is 1. The summed E-state index contributed by atoms with van der Waals surface area (Å²) in [5.41, 5.74) is 3.16. The first-order chi connectivity index (χ1) is 15.1. The predicted octanol–water partition coefficient (Wildman–Crippen LogP) is 3.52. The molecule has 0 radical (unpaired) electrons. The van der Waals surface area contributed by atoms with Gasteiger partial charge in [0.05, 0.1) is 47.0 Å². The molecule has 1 fully saturated rings. The molecule has 31 heavy (non-hydrogen) atoms. The summed E-state index contributed by atoms with van der Waals surface area (Å²) in [6, 6.07) is 9.88. The fourth-order valence-corrected chi connectivity index (χ4v) is 3.76. The van der Waals surface area contributed by atoms with Crippen molar-refractivity contribution in [1.29, 1.82) is 0 Å². The Hall–Kier alpha value is -3.65. The van der Waals surface area contributed by atoms with Gasteiger partial charge in [-0.1, -0.05) is 0 Å². The first-order valence-electron chi connectivity index (χ1n) is 9.94. The Morgan fingerprint density at radius 3 is 2.74 bits per heavy atom. The van der Waals surface area contributed by atoms with E-state index >= 15 is 0 Å². The predicted molar refractivity (Wildman–Crippen MR) is 112 cm³/mol. The van der Waals surface area contributed by atoms with Gasteiger partial charge in [-0.05, 0) is 54.8 Å². The van der Waals surface area contributed by atoms with Gasteiger partial charge in [-0.15, -0.1) is 0 Å². The molecule has 5 rings (SSSR count). The number of halogens is 1. The highest BCUT2D eigenvalue weighted by Gasteiger charge is 2.47. The molecular formula is C23H20FN5O2. The van der Waals surface area contributed by atoms with Crippen molar-refractivity contribution in [3.63, 3.8) is 0 Å². The smallest absolute Gasteiger partial charge is 0.254 e. The number of nitrogens with one attached hydrogen (secondary N) is 1. The van der Waals surface area contributed by atoms with Gasteiger partial charge in [0.15, 0.2) is 0 Å². The van der Waals surface area contributed by atoms with Crippen molar-refractivity contribution in [2.45, 2.75) is 25.0 Å². The molecule has 1 aliphatic carbocycles. The molecule has 1 aliphatic rings. The number of fused-ring (bicyclic) bond motifs is 1. The lowest BCUT2D eigenvalue weighted by Gasteiger charge is -2.18. The molecule has 156 valence electrons. The number of hydrogen-bond acceptors (Lipinski definition) is 5. The Bertz CT molecular complexity index is 1260. The Kier molecular flexibility index (Phi) is 4.71. The molecule has 0 saturated heterocycles. The second-order valence-electron chi connectivity index (χ2n) is 7.67. The molecule has 0 aliphatic heterocycles. The van der Waals surface area contributed by atoms with Crippen LogP contribution in [0.5, 0.6) is 0 Å². The minimum absolute atomic E-state index is 0.229. The minimum Gasteiger partial charge on any atom is -0.380 e. The normalized spacial score (nSPS) is 14.5. The van der Waals surface area contributed by atoms with Crippen LogP contribution in [-0.4, -0.2) is 32.8 Å². The molecule has 3 heterocycles. The maximum absolute atomic E-state index is 13.3. The van der Waals surface area contributed by atoms with Gasteiger partial charge < -0.3 is 10.1 Å². The maximum Gasteiger partial charge on any atom is 0.254 e. The number of methoxy groups -OCH3 is 1. The summed E-state index contributed by atoms with van der Waals surface area (Å²) in [6.07, 6.45) is 8.20. The standard InChI is InChI=1S/C23H20FN5O2/c1-31-14-15-6-9-26-21(10-15)23(7-8-23)28-22(30)19-11-25-13-20-18(19)12-27-29(20)17-4-2-16(24)3-5-17/h2-6,9-13H,7-8,14H2,1H3,(H,28,30). The molecule has 0 spiro atoms. The minimum atomic E-state index is -0.476. The Morgan fingerprint density at radius 2 is 2.00 bits per heavy atom. The van der Waals surface area contributed by atoms with Crippen molar-refractivity contribution in [3.05, 3.63) is 83.8 Å². The molecule has 4 aromatic rings. The highest BCUT2D eigenvalue weighted by atomic mass is 19.1. The van der Waals surface area contributed by atoms with E-state index in [9.17, 15) is 9.18 Å². The summed E-state index contributed by atoms with van der Waals surface area (Å²) in [6.45, 7) is 0.491. The van der Waals surface area contributed by atoms with E-state index in [1.807, 2.05) is 12.1 Å². The fraction of sp³-hybridized carbons (Fsp3) is 0.217. The zero-order chi connectivity index (χ0) is 21.4. The number of aromatic nitrogens is 4. The van der Waals surface area contributed by atoms with E-state index in [2.05, 4.69) is 20.4 Å². The van der Waals surface area contributed by atoms with Crippen LogP contribution in [0.4, 0.5) is 4.39 Å². The molecule has 3 aromatic heterocycles. The molecule has 1 amide bonds. The summed E-state index contributed by atoms with van der Waals surface area (Å²) < 4.78 is 20.1. The summed E-state index contributed by atoms with van der Waals surface area (Å²) in [5, 5.41) is 8.21. The third-order valence-electron chi connectivity index (χ3n) is 5.54. The number of carbonyl (C=O) groups is 1. The van der Waals surface area contributed by atoms with E-state index in [0.29, 0.717) is 28.8 Å². The lowest BCUT2D eigenvalue weighted by Crippen LogP contribution is -2.35. The van der Waals surface area contributed by atoms with Crippen molar-refractivity contribution >= 4 is 16.8 Å². The van der Waals surface area contributed by atoms with Gasteiger partial charge in [-0.2, -0.15) is 5.10 Å². The zero-order valence-electron chi connectivity index (χ0n) is 16.9. The number of carbonyl (C=O) groups excluding carboxylic acids is 1. The van der Waals surface area contributed by atoms with Crippen LogP contribution < -0.4 is 5.32 Å². The van der Waals surface area contributed by atoms with Crippen molar-refractivity contribution in [2.24, 2.45) is 0 Å². The molecule has 7 nitrogen and oxygen atoms in total. The molecule has 1 aromatic carbocycles. The Labute approximate surface area is 177 Å². The van der Waals surface area contributed by atoms with Crippen molar-refractivity contribution in [1.82, 2.24) is 25.1 Å². The fourth-order valence-electron chi connectivity index (χ4n) is 3.76. The number of pyridine rings is 2.